The predicted molar refractivity (Wildman–Crippen MR) is 123 cm³/mol. The summed E-state index contributed by atoms with van der Waals surface area (Å²) in [5, 5.41) is 0. The number of methoxy groups -OCH3 is 1. The van der Waals surface area contributed by atoms with Gasteiger partial charge in [0, 0.05) is 31.6 Å². The Morgan fingerprint density at radius 2 is 1.64 bits per heavy atom. The molecule has 2 heterocycles. The smallest absolute Gasteiger partial charge is 0.330 e. The van der Waals surface area contributed by atoms with Crippen LogP contribution < -0.4 is 0 Å². The van der Waals surface area contributed by atoms with Gasteiger partial charge < -0.3 is 23.7 Å². The van der Waals surface area contributed by atoms with E-state index in [-0.39, 0.29) is 42.6 Å². The zero-order chi connectivity index (χ0) is 23.3. The monoisotopic (exact) mass is 462 g/mol. The van der Waals surface area contributed by atoms with Crippen LogP contribution in [0.25, 0.3) is 0 Å². The Balaban J connectivity index is 1.68. The highest BCUT2D eigenvalue weighted by Crippen LogP contribution is 2.42. The quantitative estimate of drug-likeness (QED) is 0.196. The fourth-order valence-electron chi connectivity index (χ4n) is 4.82. The van der Waals surface area contributed by atoms with Crippen LogP contribution in [-0.4, -0.2) is 57.4 Å². The summed E-state index contributed by atoms with van der Waals surface area (Å²) in [5.41, 5.74) is 0. The van der Waals surface area contributed by atoms with E-state index in [0.717, 1.165) is 70.9 Å². The number of rotatable bonds is 11. The molecule has 2 saturated heterocycles. The number of carbonyl (C=O) groups excluding carboxylic acids is 2. The zero-order valence-electron chi connectivity index (χ0n) is 19.6. The van der Waals surface area contributed by atoms with E-state index >= 15 is 0 Å². The topological polar surface area (TPSA) is 80.3 Å². The van der Waals surface area contributed by atoms with Gasteiger partial charge in [-0.25, -0.2) is 4.79 Å². The van der Waals surface area contributed by atoms with Gasteiger partial charge in [0.15, 0.2) is 12.6 Å². The molecular weight excluding hydrogens is 424 g/mol. The molecule has 0 bridgehead atoms. The molecule has 7 nitrogen and oxygen atoms in total. The van der Waals surface area contributed by atoms with E-state index in [2.05, 4.69) is 10.8 Å². The van der Waals surface area contributed by atoms with E-state index in [9.17, 15) is 9.59 Å². The van der Waals surface area contributed by atoms with Crippen molar-refractivity contribution in [2.24, 2.45) is 11.8 Å². The normalized spacial score (nSPS) is 33.2. The van der Waals surface area contributed by atoms with Crippen molar-refractivity contribution in [3.05, 3.63) is 36.5 Å². The van der Waals surface area contributed by atoms with E-state index in [4.69, 9.17) is 18.9 Å². The summed E-state index contributed by atoms with van der Waals surface area (Å²) in [7, 11) is 1.36. The lowest BCUT2D eigenvalue weighted by atomic mass is 9.89. The SMILES string of the molecule is COC(=O)C=CCC=CC[C@@H]1[C@@H](C=CC=O)[C@H](OC2CCCCO2)C[C@@H]1OC1CCCCO1. The van der Waals surface area contributed by atoms with Gasteiger partial charge in [0.2, 0.25) is 0 Å². The first-order chi connectivity index (χ1) is 16.2. The third-order valence-electron chi connectivity index (χ3n) is 6.51. The average Bonchev–Trinajstić information content (AvgIpc) is 3.16. The minimum Gasteiger partial charge on any atom is -0.466 e. The second-order valence-electron chi connectivity index (χ2n) is 8.81. The van der Waals surface area contributed by atoms with Gasteiger partial charge in [-0.1, -0.05) is 24.3 Å². The Labute approximate surface area is 197 Å². The molecule has 1 aliphatic carbocycles. The molecule has 0 aromatic carbocycles. The molecule has 0 radical (unpaired) electrons. The van der Waals surface area contributed by atoms with Crippen LogP contribution in [0.4, 0.5) is 0 Å². The number of carbonyl (C=O) groups is 2. The molecule has 0 aromatic rings. The summed E-state index contributed by atoms with van der Waals surface area (Å²) in [6.07, 6.45) is 19.5. The van der Waals surface area contributed by atoms with Crippen LogP contribution in [-0.2, 0) is 33.3 Å². The molecule has 3 rings (SSSR count). The fourth-order valence-corrected chi connectivity index (χ4v) is 4.82. The molecular formula is C26H38O7. The highest BCUT2D eigenvalue weighted by Gasteiger charge is 2.45. The van der Waals surface area contributed by atoms with Crippen molar-refractivity contribution < 1.29 is 33.3 Å². The molecule has 3 fully saturated rings. The lowest BCUT2D eigenvalue weighted by molar-refractivity contribution is -0.203. The molecule has 184 valence electrons. The number of ether oxygens (including phenoxy) is 5. The minimum atomic E-state index is -0.357. The molecule has 2 unspecified atom stereocenters. The van der Waals surface area contributed by atoms with Crippen molar-refractivity contribution in [1.82, 2.24) is 0 Å². The molecule has 0 aromatic heterocycles. The van der Waals surface area contributed by atoms with E-state index in [1.54, 1.807) is 12.2 Å². The van der Waals surface area contributed by atoms with Crippen LogP contribution in [0.3, 0.4) is 0 Å². The first-order valence-corrected chi connectivity index (χ1v) is 12.3. The summed E-state index contributed by atoms with van der Waals surface area (Å²) in [6, 6.07) is 0. The molecule has 3 aliphatic rings. The Bertz CT molecular complexity index is 674. The van der Waals surface area contributed by atoms with Crippen molar-refractivity contribution in [2.45, 2.75) is 82.6 Å². The summed E-state index contributed by atoms with van der Waals surface area (Å²) in [5.74, 6) is -0.158. The van der Waals surface area contributed by atoms with Crippen LogP contribution in [0.1, 0.15) is 57.8 Å². The number of esters is 1. The third-order valence-corrected chi connectivity index (χ3v) is 6.51. The van der Waals surface area contributed by atoms with Crippen LogP contribution in [0.2, 0.25) is 0 Å². The fraction of sp³-hybridized carbons (Fsp3) is 0.692. The first-order valence-electron chi connectivity index (χ1n) is 12.3. The Hall–Kier alpha value is -1.80. The largest absolute Gasteiger partial charge is 0.466 e. The van der Waals surface area contributed by atoms with E-state index in [1.807, 2.05) is 12.2 Å². The van der Waals surface area contributed by atoms with E-state index < -0.39 is 0 Å². The Kier molecular flexibility index (Phi) is 11.3. The predicted octanol–water partition coefficient (Wildman–Crippen LogP) is 4.27. The number of aldehydes is 1. The molecule has 0 amide bonds. The van der Waals surface area contributed by atoms with Gasteiger partial charge in [-0.05, 0) is 63.4 Å². The van der Waals surface area contributed by atoms with Gasteiger partial charge in [-0.3, -0.25) is 4.79 Å². The third kappa shape index (κ3) is 8.49. The first kappa shape index (κ1) is 25.8. The lowest BCUT2D eigenvalue weighted by Gasteiger charge is -2.29. The molecule has 6 atom stereocenters. The number of hydrogen-bond acceptors (Lipinski definition) is 7. The van der Waals surface area contributed by atoms with Gasteiger partial charge in [0.05, 0.1) is 19.3 Å². The van der Waals surface area contributed by atoms with E-state index in [0.29, 0.717) is 6.42 Å². The van der Waals surface area contributed by atoms with Crippen molar-refractivity contribution in [3.63, 3.8) is 0 Å². The van der Waals surface area contributed by atoms with Crippen LogP contribution in [0, 0.1) is 11.8 Å². The summed E-state index contributed by atoms with van der Waals surface area (Å²) in [6.45, 7) is 1.46. The summed E-state index contributed by atoms with van der Waals surface area (Å²) < 4.78 is 29.1. The molecule has 33 heavy (non-hydrogen) atoms. The molecule has 2 aliphatic heterocycles. The zero-order valence-corrected chi connectivity index (χ0v) is 19.6. The molecule has 7 heteroatoms. The average molecular weight is 463 g/mol. The van der Waals surface area contributed by atoms with Gasteiger partial charge in [-0.2, -0.15) is 0 Å². The summed E-state index contributed by atoms with van der Waals surface area (Å²) in [4.78, 5) is 22.3. The van der Waals surface area contributed by atoms with E-state index in [1.165, 1.54) is 13.2 Å². The van der Waals surface area contributed by atoms with Gasteiger partial charge >= 0.3 is 5.97 Å². The maximum Gasteiger partial charge on any atom is 0.330 e. The summed E-state index contributed by atoms with van der Waals surface area (Å²) >= 11 is 0. The standard InChI is InChI=1S/C26H38O7/c1-29-24(28)13-5-3-2-4-11-20-21(12-10-16-27)23(33-26-15-7-9-18-31-26)19-22(20)32-25-14-6-8-17-30-25/h2,4-5,10,12-13,16,20-23,25-26H,3,6-9,11,14-15,17-19H2,1H3/t20-,21-,22+,23-,25?,26?/m1/s1. The Morgan fingerprint density at radius 3 is 2.24 bits per heavy atom. The van der Waals surface area contributed by atoms with Gasteiger partial charge in [0.25, 0.3) is 0 Å². The van der Waals surface area contributed by atoms with Crippen LogP contribution >= 0.6 is 0 Å². The van der Waals surface area contributed by atoms with Crippen molar-refractivity contribution in [3.8, 4) is 0 Å². The maximum atomic E-state index is 11.2. The van der Waals surface area contributed by atoms with Crippen molar-refractivity contribution in [2.75, 3.05) is 20.3 Å². The Morgan fingerprint density at radius 1 is 0.939 bits per heavy atom. The van der Waals surface area contributed by atoms with Crippen molar-refractivity contribution in [1.29, 1.82) is 0 Å². The van der Waals surface area contributed by atoms with Gasteiger partial charge in [0.1, 0.15) is 6.29 Å². The highest BCUT2D eigenvalue weighted by molar-refractivity contribution is 5.81. The van der Waals surface area contributed by atoms with Crippen molar-refractivity contribution >= 4 is 12.3 Å². The molecule has 0 N–H and O–H groups in total. The molecule has 1 saturated carbocycles. The second-order valence-corrected chi connectivity index (χ2v) is 8.81. The number of hydrogen-bond donors (Lipinski definition) is 0. The van der Waals surface area contributed by atoms with Crippen LogP contribution in [0.5, 0.6) is 0 Å². The minimum absolute atomic E-state index is 0.0294. The number of allylic oxidation sites excluding steroid dienone is 4. The maximum absolute atomic E-state index is 11.2. The van der Waals surface area contributed by atoms with Gasteiger partial charge in [-0.15, -0.1) is 0 Å². The second kappa shape index (κ2) is 14.5. The van der Waals surface area contributed by atoms with Crippen LogP contribution in [0.15, 0.2) is 36.5 Å². The molecule has 0 spiro atoms. The lowest BCUT2D eigenvalue weighted by Crippen LogP contribution is -2.31. The highest BCUT2D eigenvalue weighted by atomic mass is 16.7.